The van der Waals surface area contributed by atoms with Crippen molar-refractivity contribution in [3.8, 4) is 11.8 Å². The number of aromatic nitrogens is 3. The van der Waals surface area contributed by atoms with Gasteiger partial charge in [-0.15, -0.1) is 0 Å². The highest BCUT2D eigenvalue weighted by atomic mass is 16.5. The number of rotatable bonds is 1. The zero-order chi connectivity index (χ0) is 21.4. The lowest BCUT2D eigenvalue weighted by atomic mass is 10.0. The van der Waals surface area contributed by atoms with Crippen LogP contribution in [-0.4, -0.2) is 53.8 Å². The quantitative estimate of drug-likeness (QED) is 0.640. The van der Waals surface area contributed by atoms with Crippen LogP contribution in [0, 0.1) is 6.92 Å². The molecule has 1 aromatic carbocycles. The minimum Gasteiger partial charge on any atom is -0.489 e. The maximum atomic E-state index is 12.3. The minimum atomic E-state index is -0.116. The molecule has 1 N–H and O–H groups in total. The maximum absolute atomic E-state index is 12.3. The number of pyridine rings is 1. The van der Waals surface area contributed by atoms with Crippen LogP contribution in [0.3, 0.4) is 0 Å². The van der Waals surface area contributed by atoms with Crippen LogP contribution in [0.25, 0.3) is 10.9 Å². The summed E-state index contributed by atoms with van der Waals surface area (Å²) in [5.41, 5.74) is 2.73. The fraction of sp³-hybridized carbons (Fsp3) is 0.364. The molecule has 160 valence electrons. The van der Waals surface area contributed by atoms with Crippen molar-refractivity contribution in [2.24, 2.45) is 0 Å². The number of anilines is 2. The predicted octanol–water partition coefficient (Wildman–Crippen LogP) is 2.64. The molecule has 0 radical (unpaired) electrons. The van der Waals surface area contributed by atoms with Gasteiger partial charge in [0.25, 0.3) is 5.91 Å². The smallest absolute Gasteiger partial charge is 0.319 e. The van der Waals surface area contributed by atoms with Gasteiger partial charge >= 0.3 is 6.01 Å². The number of hydrogen-bond acceptors (Lipinski definition) is 8. The topological polar surface area (TPSA) is 98.7 Å². The van der Waals surface area contributed by atoms with Crippen molar-refractivity contribution in [2.75, 3.05) is 43.2 Å². The number of carbonyl (C=O) groups is 1. The largest absolute Gasteiger partial charge is 0.489 e. The Morgan fingerprint density at radius 2 is 2.03 bits per heavy atom. The molecule has 9 heteroatoms. The van der Waals surface area contributed by atoms with Crippen LogP contribution in [-0.2, 0) is 9.53 Å². The molecule has 0 saturated carbocycles. The van der Waals surface area contributed by atoms with Gasteiger partial charge in [-0.05, 0) is 25.5 Å². The fourth-order valence-electron chi connectivity index (χ4n) is 3.86. The average Bonchev–Trinajstić information content (AvgIpc) is 2.79. The van der Waals surface area contributed by atoms with Gasteiger partial charge < -0.3 is 19.5 Å². The van der Waals surface area contributed by atoms with E-state index in [1.54, 1.807) is 11.1 Å². The summed E-state index contributed by atoms with van der Waals surface area (Å²) in [6, 6.07) is 8.10. The number of hydrogen-bond donors (Lipinski definition) is 1. The molecule has 1 saturated heterocycles. The molecule has 1 atom stereocenters. The zero-order valence-electron chi connectivity index (χ0n) is 17.4. The molecule has 31 heavy (non-hydrogen) atoms. The summed E-state index contributed by atoms with van der Waals surface area (Å²) < 4.78 is 17.0. The number of benzene rings is 1. The van der Waals surface area contributed by atoms with E-state index in [4.69, 9.17) is 14.2 Å². The molecule has 4 heterocycles. The molecule has 2 bridgehead atoms. The Morgan fingerprint density at radius 1 is 1.16 bits per heavy atom. The van der Waals surface area contributed by atoms with E-state index >= 15 is 0 Å². The second-order valence-electron chi connectivity index (χ2n) is 7.57. The molecule has 2 aliphatic rings. The Hall–Kier alpha value is -3.46. The fourth-order valence-corrected chi connectivity index (χ4v) is 3.86. The molecule has 2 aliphatic heterocycles. The summed E-state index contributed by atoms with van der Waals surface area (Å²) in [5, 5.41) is 4.24. The van der Waals surface area contributed by atoms with Crippen molar-refractivity contribution in [3.63, 3.8) is 0 Å². The van der Waals surface area contributed by atoms with Gasteiger partial charge in [0.05, 0.1) is 30.9 Å². The number of carbonyl (C=O) groups excluding carboxylic acids is 1. The van der Waals surface area contributed by atoms with E-state index in [9.17, 15) is 4.79 Å². The number of morpholine rings is 1. The highest BCUT2D eigenvalue weighted by molar-refractivity contribution is 5.97. The van der Waals surface area contributed by atoms with Crippen molar-refractivity contribution in [3.05, 3.63) is 41.6 Å². The molecule has 5 rings (SSSR count). The summed E-state index contributed by atoms with van der Waals surface area (Å²) >= 11 is 0. The molecule has 0 spiro atoms. The minimum absolute atomic E-state index is 0.0568. The number of nitrogens with one attached hydrogen (secondary N) is 1. The standard InChI is InChI=1S/C22H23N5O4/c1-13-4-3-5-15-14(2)24-21-16-10-18(27-6-7-29-12-19(27)28)23-11-17(16)25-22(26-21)31-9-8-30-20(13)15/h3-5,10-11,14H,6-9,12H2,1-2H3,(H,24,25,26)/t14-/m1/s1. The van der Waals surface area contributed by atoms with E-state index in [2.05, 4.69) is 27.2 Å². The van der Waals surface area contributed by atoms with E-state index in [-0.39, 0.29) is 24.6 Å². The third-order valence-corrected chi connectivity index (χ3v) is 5.43. The van der Waals surface area contributed by atoms with Crippen molar-refractivity contribution < 1.29 is 19.0 Å². The molecule has 3 aromatic rings. The van der Waals surface area contributed by atoms with Gasteiger partial charge in [0, 0.05) is 10.9 Å². The van der Waals surface area contributed by atoms with E-state index in [1.165, 1.54) is 0 Å². The number of aryl methyl sites for hydroxylation is 1. The molecule has 1 amide bonds. The van der Waals surface area contributed by atoms with Gasteiger partial charge in [0.15, 0.2) is 0 Å². The van der Waals surface area contributed by atoms with E-state index < -0.39 is 0 Å². The van der Waals surface area contributed by atoms with Crippen LogP contribution in [0.15, 0.2) is 30.5 Å². The first-order valence-electron chi connectivity index (χ1n) is 10.3. The van der Waals surface area contributed by atoms with Gasteiger partial charge in [-0.25, -0.2) is 4.98 Å². The second-order valence-corrected chi connectivity index (χ2v) is 7.57. The lowest BCUT2D eigenvalue weighted by Gasteiger charge is -2.26. The van der Waals surface area contributed by atoms with Gasteiger partial charge in [0.1, 0.15) is 37.2 Å². The Bertz CT molecular complexity index is 1150. The Labute approximate surface area is 179 Å². The van der Waals surface area contributed by atoms with Crippen molar-refractivity contribution in [1.29, 1.82) is 0 Å². The number of amides is 1. The Balaban J connectivity index is 1.60. The van der Waals surface area contributed by atoms with Crippen LogP contribution < -0.4 is 19.7 Å². The summed E-state index contributed by atoms with van der Waals surface area (Å²) in [7, 11) is 0. The molecular weight excluding hydrogens is 398 g/mol. The third kappa shape index (κ3) is 3.72. The average molecular weight is 421 g/mol. The number of fused-ring (bicyclic) bond motifs is 5. The van der Waals surface area contributed by atoms with E-state index in [1.807, 2.05) is 31.2 Å². The SMILES string of the molecule is Cc1cccc2c1OCCOc1nc(c3cc(N4CCOCC4=O)ncc3n1)N[C@@H]2C. The summed E-state index contributed by atoms with van der Waals surface area (Å²) in [6.45, 7) is 5.79. The van der Waals surface area contributed by atoms with Crippen LogP contribution >= 0.6 is 0 Å². The summed E-state index contributed by atoms with van der Waals surface area (Å²) in [5.74, 6) is 1.90. The van der Waals surface area contributed by atoms with Gasteiger partial charge in [-0.2, -0.15) is 9.97 Å². The molecule has 0 unspecified atom stereocenters. The Kier molecular flexibility index (Phi) is 5.03. The molecule has 9 nitrogen and oxygen atoms in total. The van der Waals surface area contributed by atoms with Crippen molar-refractivity contribution in [2.45, 2.75) is 19.9 Å². The second kappa shape index (κ2) is 7.99. The van der Waals surface area contributed by atoms with Crippen LogP contribution in [0.4, 0.5) is 11.6 Å². The number of nitrogens with zero attached hydrogens (tertiary/aromatic N) is 4. The first-order valence-corrected chi connectivity index (χ1v) is 10.3. The van der Waals surface area contributed by atoms with Gasteiger partial charge in [0.2, 0.25) is 0 Å². The summed E-state index contributed by atoms with van der Waals surface area (Å²) in [4.78, 5) is 27.4. The van der Waals surface area contributed by atoms with E-state index in [0.717, 1.165) is 22.3 Å². The van der Waals surface area contributed by atoms with Crippen molar-refractivity contribution in [1.82, 2.24) is 15.0 Å². The molecule has 2 aromatic heterocycles. The first-order chi connectivity index (χ1) is 15.1. The van der Waals surface area contributed by atoms with Crippen molar-refractivity contribution >= 4 is 28.4 Å². The lowest BCUT2D eigenvalue weighted by molar-refractivity contribution is -0.125. The van der Waals surface area contributed by atoms with Gasteiger partial charge in [-0.3, -0.25) is 9.69 Å². The zero-order valence-corrected chi connectivity index (χ0v) is 17.4. The first kappa shape index (κ1) is 19.5. The molecule has 1 fully saturated rings. The van der Waals surface area contributed by atoms with Crippen LogP contribution in [0.2, 0.25) is 0 Å². The Morgan fingerprint density at radius 3 is 2.90 bits per heavy atom. The van der Waals surface area contributed by atoms with E-state index in [0.29, 0.717) is 43.5 Å². The maximum Gasteiger partial charge on any atom is 0.319 e. The normalized spacial score (nSPS) is 19.0. The van der Waals surface area contributed by atoms with Crippen LogP contribution in [0.1, 0.15) is 24.1 Å². The van der Waals surface area contributed by atoms with Gasteiger partial charge in [-0.1, -0.05) is 18.2 Å². The summed E-state index contributed by atoms with van der Waals surface area (Å²) in [6.07, 6.45) is 1.64. The number of para-hydroxylation sites is 1. The highest BCUT2D eigenvalue weighted by Gasteiger charge is 2.23. The monoisotopic (exact) mass is 421 g/mol. The van der Waals surface area contributed by atoms with Crippen LogP contribution in [0.5, 0.6) is 11.8 Å². The highest BCUT2D eigenvalue weighted by Crippen LogP contribution is 2.34. The predicted molar refractivity (Wildman–Crippen MR) is 115 cm³/mol. The number of ether oxygens (including phenoxy) is 3. The molecular formula is C22H23N5O4. The lowest BCUT2D eigenvalue weighted by Crippen LogP contribution is -2.42. The third-order valence-electron chi connectivity index (χ3n) is 5.43. The molecule has 0 aliphatic carbocycles.